The SMILES string of the molecule is CCCCC1[C]([Ti+2])=Cc2ccccc21.[Cl-].[Cl-]. The number of allylic oxidation sites excluding steroid dienone is 1. The van der Waals surface area contributed by atoms with Gasteiger partial charge in [0.2, 0.25) is 0 Å². The van der Waals surface area contributed by atoms with Crippen molar-refractivity contribution in [2.45, 2.75) is 32.1 Å². The van der Waals surface area contributed by atoms with E-state index in [9.17, 15) is 0 Å². The van der Waals surface area contributed by atoms with E-state index in [0.29, 0.717) is 5.92 Å². The summed E-state index contributed by atoms with van der Waals surface area (Å²) in [5.74, 6) is 0.700. The molecule has 1 unspecified atom stereocenters. The van der Waals surface area contributed by atoms with E-state index in [1.807, 2.05) is 0 Å². The van der Waals surface area contributed by atoms with Crippen molar-refractivity contribution in [2.75, 3.05) is 0 Å². The maximum Gasteiger partial charge on any atom is -1.00 e. The molecule has 0 nitrogen and oxygen atoms in total. The summed E-state index contributed by atoms with van der Waals surface area (Å²) in [5.41, 5.74) is 2.98. The topological polar surface area (TPSA) is 0 Å². The molecule has 0 saturated carbocycles. The Kier molecular flexibility index (Phi) is 7.68. The average molecular weight is 290 g/mol. The Bertz CT molecular complexity index is 361. The van der Waals surface area contributed by atoms with Gasteiger partial charge < -0.3 is 24.8 Å². The molecule has 16 heavy (non-hydrogen) atoms. The molecular weight excluding hydrogens is 275 g/mol. The summed E-state index contributed by atoms with van der Waals surface area (Å²) in [6.45, 7) is 2.26. The van der Waals surface area contributed by atoms with Crippen LogP contribution in [0.1, 0.15) is 43.2 Å². The van der Waals surface area contributed by atoms with Gasteiger partial charge in [-0.15, -0.1) is 0 Å². The Morgan fingerprint density at radius 2 is 1.88 bits per heavy atom. The van der Waals surface area contributed by atoms with E-state index >= 15 is 0 Å². The first kappa shape index (κ1) is 16.3. The van der Waals surface area contributed by atoms with E-state index in [1.165, 1.54) is 24.8 Å². The monoisotopic (exact) mass is 289 g/mol. The summed E-state index contributed by atoms with van der Waals surface area (Å²) in [6, 6.07) is 8.79. The molecule has 1 aliphatic rings. The minimum atomic E-state index is 0. The van der Waals surface area contributed by atoms with Crippen molar-refractivity contribution in [2.24, 2.45) is 0 Å². The van der Waals surface area contributed by atoms with Crippen molar-refractivity contribution < 1.29 is 45.2 Å². The minimum absolute atomic E-state index is 0. The van der Waals surface area contributed by atoms with E-state index in [4.69, 9.17) is 0 Å². The fraction of sp³-hybridized carbons (Fsp3) is 0.385. The van der Waals surface area contributed by atoms with Gasteiger partial charge in [-0.3, -0.25) is 0 Å². The third kappa shape index (κ3) is 3.37. The summed E-state index contributed by atoms with van der Waals surface area (Å²) < 4.78 is 1.54. The first-order chi connectivity index (χ1) is 6.83. The number of hydrogen-bond acceptors (Lipinski definition) is 0. The molecule has 0 fully saturated rings. The molecule has 85 valence electrons. The molecule has 0 amide bonds. The Balaban J connectivity index is 0.00000112. The Morgan fingerprint density at radius 3 is 2.56 bits per heavy atom. The van der Waals surface area contributed by atoms with Crippen LogP contribution in [0.3, 0.4) is 0 Å². The summed E-state index contributed by atoms with van der Waals surface area (Å²) in [4.78, 5) is 0. The number of rotatable bonds is 3. The smallest absolute Gasteiger partial charge is 1.00 e. The zero-order valence-electron chi connectivity index (χ0n) is 9.34. The molecule has 1 aromatic rings. The number of hydrogen-bond donors (Lipinski definition) is 0. The molecule has 3 heteroatoms. The maximum atomic E-state index is 2.34. The van der Waals surface area contributed by atoms with Crippen LogP contribution in [0.2, 0.25) is 0 Å². The van der Waals surface area contributed by atoms with Gasteiger partial charge in [-0.25, -0.2) is 0 Å². The first-order valence-electron chi connectivity index (χ1n) is 5.35. The second kappa shape index (κ2) is 7.56. The van der Waals surface area contributed by atoms with E-state index in [-0.39, 0.29) is 24.8 Å². The summed E-state index contributed by atoms with van der Waals surface area (Å²) >= 11 is 2.26. The predicted molar refractivity (Wildman–Crippen MR) is 56.7 cm³/mol. The Hall–Kier alpha value is 0.254. The number of halogens is 2. The van der Waals surface area contributed by atoms with Crippen LogP contribution in [0.5, 0.6) is 0 Å². The molecule has 0 aromatic heterocycles. The fourth-order valence-corrected chi connectivity index (χ4v) is 2.83. The van der Waals surface area contributed by atoms with Crippen LogP contribution in [-0.2, 0) is 20.4 Å². The zero-order valence-corrected chi connectivity index (χ0v) is 12.4. The fourth-order valence-electron chi connectivity index (χ4n) is 2.11. The first-order valence-corrected chi connectivity index (χ1v) is 6.13. The van der Waals surface area contributed by atoms with E-state index in [1.54, 1.807) is 9.44 Å². The molecule has 0 N–H and O–H groups in total. The summed E-state index contributed by atoms with van der Waals surface area (Å²) in [7, 11) is 0. The van der Waals surface area contributed by atoms with Gasteiger partial charge in [0.1, 0.15) is 0 Å². The van der Waals surface area contributed by atoms with Crippen molar-refractivity contribution in [1.29, 1.82) is 0 Å². The Morgan fingerprint density at radius 1 is 1.19 bits per heavy atom. The molecule has 0 radical (unpaired) electrons. The Labute approximate surface area is 122 Å². The molecular formula is C13H15Cl2Ti. The number of fused-ring (bicyclic) bond motifs is 1. The second-order valence-corrected chi connectivity index (χ2v) is 4.82. The zero-order chi connectivity index (χ0) is 9.97. The van der Waals surface area contributed by atoms with Crippen molar-refractivity contribution in [3.63, 3.8) is 0 Å². The third-order valence-electron chi connectivity index (χ3n) is 2.90. The molecule has 0 heterocycles. The van der Waals surface area contributed by atoms with Crippen LogP contribution in [0, 0.1) is 0 Å². The van der Waals surface area contributed by atoms with Crippen molar-refractivity contribution in [3.8, 4) is 0 Å². The van der Waals surface area contributed by atoms with Gasteiger partial charge in [0.05, 0.1) is 0 Å². The van der Waals surface area contributed by atoms with Crippen LogP contribution in [0.15, 0.2) is 28.1 Å². The quantitative estimate of drug-likeness (QED) is 0.558. The van der Waals surface area contributed by atoms with Gasteiger partial charge in [-0.05, 0) is 0 Å². The van der Waals surface area contributed by atoms with Crippen LogP contribution >= 0.6 is 0 Å². The van der Waals surface area contributed by atoms with E-state index in [0.717, 1.165) is 0 Å². The van der Waals surface area contributed by atoms with Crippen LogP contribution in [0.25, 0.3) is 6.08 Å². The molecule has 2 rings (SSSR count). The van der Waals surface area contributed by atoms with Crippen LogP contribution in [0.4, 0.5) is 0 Å². The van der Waals surface area contributed by atoms with Crippen molar-refractivity contribution in [3.05, 3.63) is 39.3 Å². The molecule has 0 aliphatic heterocycles. The normalized spacial score (nSPS) is 16.9. The number of unbranched alkanes of at least 4 members (excludes halogenated alkanes) is 1. The summed E-state index contributed by atoms with van der Waals surface area (Å²) in [5, 5.41) is 0. The van der Waals surface area contributed by atoms with Crippen molar-refractivity contribution >= 4 is 6.08 Å². The molecule has 0 saturated heterocycles. The van der Waals surface area contributed by atoms with Gasteiger partial charge in [0, 0.05) is 0 Å². The van der Waals surface area contributed by atoms with Crippen molar-refractivity contribution in [1.82, 2.24) is 0 Å². The van der Waals surface area contributed by atoms with Crippen LogP contribution in [-0.4, -0.2) is 0 Å². The molecule has 0 spiro atoms. The maximum absolute atomic E-state index is 2.34. The van der Waals surface area contributed by atoms with Gasteiger partial charge in [0.25, 0.3) is 0 Å². The predicted octanol–water partition coefficient (Wildman–Crippen LogP) is -2.13. The molecule has 0 bridgehead atoms. The van der Waals surface area contributed by atoms with E-state index in [2.05, 4.69) is 57.7 Å². The third-order valence-corrected chi connectivity index (χ3v) is 3.67. The average Bonchev–Trinajstić information content (AvgIpc) is 2.51. The molecule has 1 aliphatic carbocycles. The summed E-state index contributed by atoms with van der Waals surface area (Å²) in [6.07, 6.45) is 6.29. The van der Waals surface area contributed by atoms with E-state index < -0.39 is 0 Å². The molecule has 1 aromatic carbocycles. The number of benzene rings is 1. The van der Waals surface area contributed by atoms with Gasteiger partial charge in [-0.2, -0.15) is 0 Å². The standard InChI is InChI=1S/C13H15.2ClH.Ti/c1-2-3-6-11-9-10-12-7-4-5-8-13(11)12;;;/h4-5,7-8,10-11H,2-3,6H2,1H3;2*1H;/q;;;+2/p-2. The van der Waals surface area contributed by atoms with Gasteiger partial charge in [-0.1, -0.05) is 0 Å². The van der Waals surface area contributed by atoms with Gasteiger partial charge in [0.15, 0.2) is 0 Å². The second-order valence-electron chi connectivity index (χ2n) is 3.92. The van der Waals surface area contributed by atoms with Gasteiger partial charge >= 0.3 is 97.9 Å². The largest absolute Gasteiger partial charge is 1.00 e. The molecule has 1 atom stereocenters. The van der Waals surface area contributed by atoms with Crippen LogP contribution < -0.4 is 24.8 Å². The minimum Gasteiger partial charge on any atom is -1.00 e.